The summed E-state index contributed by atoms with van der Waals surface area (Å²) in [4.78, 5) is 36.5. The second-order valence-electron chi connectivity index (χ2n) is 8.13. The maximum Gasteiger partial charge on any atom is 0.471 e. The van der Waals surface area contributed by atoms with Crippen LogP contribution in [-0.2, 0) is 19.0 Å². The Morgan fingerprint density at radius 3 is 2.59 bits per heavy atom. The molecule has 1 aromatic heterocycles. The maximum absolute atomic E-state index is 12.0. The van der Waals surface area contributed by atoms with Gasteiger partial charge in [-0.3, -0.25) is 19.1 Å². The third-order valence-electron chi connectivity index (χ3n) is 5.44. The molecule has 0 unspecified atom stereocenters. The van der Waals surface area contributed by atoms with Crippen molar-refractivity contribution in [2.75, 3.05) is 26.6 Å². The number of rotatable bonds is 14. The van der Waals surface area contributed by atoms with E-state index in [1.807, 2.05) is 5.32 Å². The van der Waals surface area contributed by atoms with E-state index in [1.54, 1.807) is 6.92 Å². The van der Waals surface area contributed by atoms with Crippen molar-refractivity contribution in [1.82, 2.24) is 14.9 Å². The van der Waals surface area contributed by atoms with Gasteiger partial charge in [-0.1, -0.05) is 25.7 Å². The molecular weight excluding hydrogens is 463 g/mol. The zero-order chi connectivity index (χ0) is 25.1. The molecule has 0 spiro atoms. The van der Waals surface area contributed by atoms with Crippen LogP contribution in [0.4, 0.5) is 13.2 Å². The lowest BCUT2D eigenvalue weighted by Gasteiger charge is -2.16. The van der Waals surface area contributed by atoms with Crippen LogP contribution in [0.3, 0.4) is 0 Å². The largest absolute Gasteiger partial charge is 0.471 e. The predicted octanol–water partition coefficient (Wildman–Crippen LogP) is 1.50. The quantitative estimate of drug-likeness (QED) is 0.263. The fourth-order valence-electron chi connectivity index (χ4n) is 3.54. The van der Waals surface area contributed by atoms with E-state index in [0.29, 0.717) is 25.0 Å². The molecule has 1 aliphatic rings. The molecule has 2 heterocycles. The Labute approximate surface area is 194 Å². The standard InChI is InChI=1S/C21H32F3N3O7/c1-14-11-27(20(31)26-18(14)29)17-10-15(16(12-28)34-17)33-13-32-9-7-5-3-2-4-6-8-25-19(30)21(22,23)24/h11,15-17,28H,2-10,12-13H2,1H3,(H,25,30)(H,26,29,31)/t15-,16+,17+/m0/s1. The molecule has 0 saturated carbocycles. The van der Waals surface area contributed by atoms with Crippen molar-refractivity contribution in [2.45, 2.75) is 76.5 Å². The lowest BCUT2D eigenvalue weighted by molar-refractivity contribution is -0.173. The second kappa shape index (κ2) is 13.6. The molecule has 0 bridgehead atoms. The molecule has 2 rings (SSSR count). The fourth-order valence-corrected chi connectivity index (χ4v) is 3.54. The van der Waals surface area contributed by atoms with Crippen LogP contribution in [0.15, 0.2) is 15.8 Å². The number of alkyl halides is 3. The zero-order valence-electron chi connectivity index (χ0n) is 19.1. The van der Waals surface area contributed by atoms with Crippen LogP contribution < -0.4 is 16.6 Å². The first-order valence-electron chi connectivity index (χ1n) is 11.3. The van der Waals surface area contributed by atoms with Gasteiger partial charge in [-0.05, 0) is 19.8 Å². The van der Waals surface area contributed by atoms with Gasteiger partial charge in [0.2, 0.25) is 0 Å². The molecule has 194 valence electrons. The SMILES string of the molecule is Cc1cn([C@H]2C[C@H](OCOCCCCCCCCNC(=O)C(F)(F)F)[C@@H](CO)O2)c(=O)[nH]c1=O. The first-order valence-corrected chi connectivity index (χ1v) is 11.3. The van der Waals surface area contributed by atoms with Crippen LogP contribution in [-0.4, -0.2) is 65.5 Å². The summed E-state index contributed by atoms with van der Waals surface area (Å²) in [7, 11) is 0. The molecule has 1 amide bonds. The number of unbranched alkanes of at least 4 members (excludes halogenated alkanes) is 5. The van der Waals surface area contributed by atoms with E-state index in [2.05, 4.69) is 4.98 Å². The molecule has 13 heteroatoms. The summed E-state index contributed by atoms with van der Waals surface area (Å²) >= 11 is 0. The van der Waals surface area contributed by atoms with Crippen molar-refractivity contribution < 1.29 is 37.3 Å². The molecule has 1 saturated heterocycles. The van der Waals surface area contributed by atoms with Crippen molar-refractivity contribution in [3.05, 3.63) is 32.6 Å². The monoisotopic (exact) mass is 495 g/mol. The van der Waals surface area contributed by atoms with Gasteiger partial charge in [-0.2, -0.15) is 13.2 Å². The summed E-state index contributed by atoms with van der Waals surface area (Å²) in [5.41, 5.74) is -0.696. The van der Waals surface area contributed by atoms with Gasteiger partial charge >= 0.3 is 17.8 Å². The van der Waals surface area contributed by atoms with Gasteiger partial charge in [0.1, 0.15) is 19.1 Å². The number of aromatic amines is 1. The zero-order valence-corrected chi connectivity index (χ0v) is 19.1. The Balaban J connectivity index is 1.55. The van der Waals surface area contributed by atoms with Crippen molar-refractivity contribution in [1.29, 1.82) is 0 Å². The van der Waals surface area contributed by atoms with E-state index in [-0.39, 0.29) is 19.9 Å². The molecule has 0 aromatic carbocycles. The number of ether oxygens (including phenoxy) is 3. The van der Waals surface area contributed by atoms with Crippen LogP contribution >= 0.6 is 0 Å². The number of hydrogen-bond acceptors (Lipinski definition) is 7. The highest BCUT2D eigenvalue weighted by Crippen LogP contribution is 2.29. The molecule has 1 aromatic rings. The highest BCUT2D eigenvalue weighted by molar-refractivity contribution is 5.81. The molecule has 1 fully saturated rings. The third kappa shape index (κ3) is 8.85. The van der Waals surface area contributed by atoms with E-state index in [1.165, 1.54) is 10.8 Å². The van der Waals surface area contributed by atoms with Crippen LogP contribution in [0, 0.1) is 6.92 Å². The van der Waals surface area contributed by atoms with Crippen LogP contribution in [0.1, 0.15) is 56.7 Å². The molecule has 0 radical (unpaired) electrons. The molecule has 1 aliphatic heterocycles. The molecule has 34 heavy (non-hydrogen) atoms. The Kier molecular flexibility index (Phi) is 11.2. The normalized spacial score (nSPS) is 20.6. The number of amides is 1. The number of halogens is 3. The van der Waals surface area contributed by atoms with Gasteiger partial charge in [0.05, 0.1) is 12.7 Å². The number of aliphatic hydroxyl groups is 1. The van der Waals surface area contributed by atoms with Crippen LogP contribution in [0.25, 0.3) is 0 Å². The lowest BCUT2D eigenvalue weighted by Crippen LogP contribution is -2.37. The maximum atomic E-state index is 12.0. The van der Waals surface area contributed by atoms with Gasteiger partial charge < -0.3 is 24.6 Å². The van der Waals surface area contributed by atoms with Crippen molar-refractivity contribution in [2.24, 2.45) is 0 Å². The number of carbonyl (C=O) groups is 1. The Morgan fingerprint density at radius 2 is 1.91 bits per heavy atom. The Morgan fingerprint density at radius 1 is 1.24 bits per heavy atom. The minimum Gasteiger partial charge on any atom is -0.394 e. The molecule has 10 nitrogen and oxygen atoms in total. The fraction of sp³-hybridized carbons (Fsp3) is 0.762. The number of carbonyl (C=O) groups excluding carboxylic acids is 1. The highest BCUT2D eigenvalue weighted by atomic mass is 19.4. The van der Waals surface area contributed by atoms with Crippen molar-refractivity contribution in [3.8, 4) is 0 Å². The summed E-state index contributed by atoms with van der Waals surface area (Å²) in [5.74, 6) is -1.91. The van der Waals surface area contributed by atoms with Gasteiger partial charge in [0, 0.05) is 31.3 Å². The van der Waals surface area contributed by atoms with E-state index in [4.69, 9.17) is 14.2 Å². The second-order valence-corrected chi connectivity index (χ2v) is 8.13. The number of aromatic nitrogens is 2. The summed E-state index contributed by atoms with van der Waals surface area (Å²) in [6.45, 7) is 1.75. The molecule has 3 atom stereocenters. The number of nitrogens with one attached hydrogen (secondary N) is 2. The van der Waals surface area contributed by atoms with E-state index >= 15 is 0 Å². The summed E-state index contributed by atoms with van der Waals surface area (Å²) in [6.07, 6.45) is -0.259. The topological polar surface area (TPSA) is 132 Å². The number of nitrogens with zero attached hydrogens (tertiary/aromatic N) is 1. The van der Waals surface area contributed by atoms with Crippen LogP contribution in [0.5, 0.6) is 0 Å². The number of aryl methyl sites for hydroxylation is 1. The minimum absolute atomic E-state index is 0.00427. The van der Waals surface area contributed by atoms with Crippen molar-refractivity contribution in [3.63, 3.8) is 0 Å². The van der Waals surface area contributed by atoms with E-state index < -0.39 is 41.8 Å². The number of aliphatic hydroxyl groups excluding tert-OH is 1. The highest BCUT2D eigenvalue weighted by Gasteiger charge is 2.38. The number of H-pyrrole nitrogens is 1. The number of hydrogen-bond donors (Lipinski definition) is 3. The smallest absolute Gasteiger partial charge is 0.394 e. The lowest BCUT2D eigenvalue weighted by atomic mass is 10.1. The average molecular weight is 495 g/mol. The minimum atomic E-state index is -4.84. The van der Waals surface area contributed by atoms with Gasteiger partial charge in [-0.15, -0.1) is 0 Å². The van der Waals surface area contributed by atoms with Crippen molar-refractivity contribution >= 4 is 5.91 Å². The van der Waals surface area contributed by atoms with E-state index in [0.717, 1.165) is 32.1 Å². The first-order chi connectivity index (χ1) is 16.1. The summed E-state index contributed by atoms with van der Waals surface area (Å²) < 4.78 is 54.2. The summed E-state index contributed by atoms with van der Waals surface area (Å²) in [5, 5.41) is 11.4. The van der Waals surface area contributed by atoms with Crippen LogP contribution in [0.2, 0.25) is 0 Å². The molecule has 3 N–H and O–H groups in total. The average Bonchev–Trinajstić information content (AvgIpc) is 3.19. The van der Waals surface area contributed by atoms with Gasteiger partial charge in [0.25, 0.3) is 5.56 Å². The molecular formula is C21H32F3N3O7. The van der Waals surface area contributed by atoms with Gasteiger partial charge in [0.15, 0.2) is 0 Å². The first kappa shape index (κ1) is 28.0. The van der Waals surface area contributed by atoms with E-state index in [9.17, 15) is 32.7 Å². The van der Waals surface area contributed by atoms with Gasteiger partial charge in [-0.25, -0.2) is 4.79 Å². The Hall–Kier alpha value is -2.22. The summed E-state index contributed by atoms with van der Waals surface area (Å²) in [6, 6.07) is 0. The molecule has 0 aliphatic carbocycles. The third-order valence-corrected chi connectivity index (χ3v) is 5.44. The Bertz CT molecular complexity index is 888. The predicted molar refractivity (Wildman–Crippen MR) is 114 cm³/mol.